The molecule has 0 saturated heterocycles. The maximum atomic E-state index is 11.2. The Hall–Kier alpha value is -0.260. The van der Waals surface area contributed by atoms with Gasteiger partial charge in [-0.2, -0.15) is 11.8 Å². The molecular formula is C11H23NO3S. The van der Waals surface area contributed by atoms with Crippen LogP contribution in [0.3, 0.4) is 0 Å². The third-order valence-corrected chi connectivity index (χ3v) is 3.36. The van der Waals surface area contributed by atoms with Gasteiger partial charge in [0.1, 0.15) is 5.54 Å². The molecule has 0 spiro atoms. The van der Waals surface area contributed by atoms with Gasteiger partial charge in [0.2, 0.25) is 0 Å². The van der Waals surface area contributed by atoms with E-state index in [0.717, 1.165) is 31.1 Å². The van der Waals surface area contributed by atoms with Crippen molar-refractivity contribution < 1.29 is 14.6 Å². The first-order valence-electron chi connectivity index (χ1n) is 5.62. The number of rotatable bonds is 10. The van der Waals surface area contributed by atoms with Crippen molar-refractivity contribution in [3.8, 4) is 0 Å². The van der Waals surface area contributed by atoms with Crippen LogP contribution in [0.4, 0.5) is 0 Å². The molecule has 2 N–H and O–H groups in total. The summed E-state index contributed by atoms with van der Waals surface area (Å²) in [6, 6.07) is 0. The Bertz CT molecular complexity index is 202. The van der Waals surface area contributed by atoms with Crippen LogP contribution in [0.25, 0.3) is 0 Å². The second-order valence-corrected chi connectivity index (χ2v) is 5.14. The molecule has 96 valence electrons. The summed E-state index contributed by atoms with van der Waals surface area (Å²) in [6.45, 7) is 5.24. The summed E-state index contributed by atoms with van der Waals surface area (Å²) in [5, 5.41) is 12.3. The monoisotopic (exact) mass is 249 g/mol. The van der Waals surface area contributed by atoms with E-state index in [0.29, 0.717) is 6.42 Å². The highest BCUT2D eigenvalue weighted by Crippen LogP contribution is 2.14. The van der Waals surface area contributed by atoms with Gasteiger partial charge in [-0.05, 0) is 32.1 Å². The molecule has 5 heteroatoms. The van der Waals surface area contributed by atoms with Crippen molar-refractivity contribution in [2.45, 2.75) is 32.2 Å². The summed E-state index contributed by atoms with van der Waals surface area (Å²) in [6.07, 6.45) is 1.58. The van der Waals surface area contributed by atoms with Gasteiger partial charge in [0, 0.05) is 12.9 Å². The fraction of sp³-hybridized carbons (Fsp3) is 0.909. The number of nitrogens with one attached hydrogen (secondary N) is 1. The number of carbonyl (C=O) groups is 1. The molecule has 0 bridgehead atoms. The lowest BCUT2D eigenvalue weighted by Crippen LogP contribution is -2.50. The lowest BCUT2D eigenvalue weighted by atomic mass is 9.99. The zero-order valence-corrected chi connectivity index (χ0v) is 11.2. The van der Waals surface area contributed by atoms with Crippen molar-refractivity contribution in [2.75, 3.05) is 31.8 Å². The zero-order chi connectivity index (χ0) is 12.4. The molecule has 0 aliphatic heterocycles. The van der Waals surface area contributed by atoms with Crippen LogP contribution in [0.2, 0.25) is 0 Å². The molecule has 0 amide bonds. The van der Waals surface area contributed by atoms with E-state index in [2.05, 4.69) is 5.32 Å². The second-order valence-electron chi connectivity index (χ2n) is 3.92. The summed E-state index contributed by atoms with van der Waals surface area (Å²) in [4.78, 5) is 11.2. The van der Waals surface area contributed by atoms with E-state index in [4.69, 9.17) is 9.84 Å². The van der Waals surface area contributed by atoms with Gasteiger partial charge < -0.3 is 15.2 Å². The first kappa shape index (κ1) is 15.7. The third kappa shape index (κ3) is 6.35. The minimum atomic E-state index is -0.796. The largest absolute Gasteiger partial charge is 0.480 e. The topological polar surface area (TPSA) is 58.6 Å². The number of ether oxygens (including phenoxy) is 1. The quantitative estimate of drug-likeness (QED) is 0.576. The van der Waals surface area contributed by atoms with Crippen LogP contribution in [-0.4, -0.2) is 48.4 Å². The van der Waals surface area contributed by atoms with Crippen LogP contribution in [-0.2, 0) is 9.53 Å². The summed E-state index contributed by atoms with van der Waals surface area (Å²) in [5.41, 5.74) is -0.796. The normalized spacial score (nSPS) is 14.7. The van der Waals surface area contributed by atoms with Crippen molar-refractivity contribution in [3.05, 3.63) is 0 Å². The van der Waals surface area contributed by atoms with Crippen LogP contribution < -0.4 is 5.32 Å². The molecule has 1 unspecified atom stereocenters. The molecule has 0 rings (SSSR count). The van der Waals surface area contributed by atoms with Crippen LogP contribution in [0.5, 0.6) is 0 Å². The molecule has 0 aromatic carbocycles. The first-order chi connectivity index (χ1) is 7.56. The van der Waals surface area contributed by atoms with E-state index in [-0.39, 0.29) is 0 Å². The Morgan fingerprint density at radius 3 is 2.69 bits per heavy atom. The van der Waals surface area contributed by atoms with Gasteiger partial charge >= 0.3 is 5.97 Å². The van der Waals surface area contributed by atoms with Gasteiger partial charge in [-0.15, -0.1) is 0 Å². The average Bonchev–Trinajstić information content (AvgIpc) is 2.26. The first-order valence-corrected chi connectivity index (χ1v) is 6.77. The lowest BCUT2D eigenvalue weighted by molar-refractivity contribution is -0.144. The zero-order valence-electron chi connectivity index (χ0n) is 10.4. The Morgan fingerprint density at radius 2 is 2.19 bits per heavy atom. The lowest BCUT2D eigenvalue weighted by Gasteiger charge is -2.26. The highest BCUT2D eigenvalue weighted by molar-refractivity contribution is 7.99. The van der Waals surface area contributed by atoms with Gasteiger partial charge in [0.05, 0.1) is 6.61 Å². The maximum absolute atomic E-state index is 11.2. The minimum absolute atomic E-state index is 0.636. The molecule has 0 radical (unpaired) electrons. The fourth-order valence-corrected chi connectivity index (χ4v) is 2.23. The molecule has 4 nitrogen and oxygen atoms in total. The SMILES string of the molecule is CCCNC(C)(CCSCCOC)C(=O)O. The molecular weight excluding hydrogens is 226 g/mol. The summed E-state index contributed by atoms with van der Waals surface area (Å²) in [5.74, 6) is 0.983. The van der Waals surface area contributed by atoms with Gasteiger partial charge in [-0.1, -0.05) is 6.92 Å². The Balaban J connectivity index is 3.88. The predicted molar refractivity (Wildman–Crippen MR) is 68.2 cm³/mol. The summed E-state index contributed by atoms with van der Waals surface area (Å²) in [7, 11) is 1.67. The van der Waals surface area contributed by atoms with Crippen LogP contribution in [0, 0.1) is 0 Å². The van der Waals surface area contributed by atoms with Crippen molar-refractivity contribution >= 4 is 17.7 Å². The van der Waals surface area contributed by atoms with Crippen molar-refractivity contribution in [1.29, 1.82) is 0 Å². The number of hydrogen-bond acceptors (Lipinski definition) is 4. The van der Waals surface area contributed by atoms with E-state index < -0.39 is 11.5 Å². The van der Waals surface area contributed by atoms with E-state index in [1.807, 2.05) is 6.92 Å². The standard InChI is InChI=1S/C11H23NO3S/c1-4-6-12-11(2,10(13)14)5-8-16-9-7-15-3/h12H,4-9H2,1-3H3,(H,13,14). The van der Waals surface area contributed by atoms with Crippen molar-refractivity contribution in [1.82, 2.24) is 5.32 Å². The Kier molecular flexibility index (Phi) is 8.70. The molecule has 0 saturated carbocycles. The van der Waals surface area contributed by atoms with Gasteiger partial charge in [0.25, 0.3) is 0 Å². The molecule has 1 atom stereocenters. The smallest absolute Gasteiger partial charge is 0.323 e. The number of aliphatic carboxylic acids is 1. The number of carboxylic acid groups (broad SMARTS) is 1. The van der Waals surface area contributed by atoms with E-state index in [1.165, 1.54) is 0 Å². The van der Waals surface area contributed by atoms with Crippen LogP contribution in [0.15, 0.2) is 0 Å². The van der Waals surface area contributed by atoms with Crippen molar-refractivity contribution in [2.24, 2.45) is 0 Å². The highest BCUT2D eigenvalue weighted by Gasteiger charge is 2.31. The van der Waals surface area contributed by atoms with E-state index in [9.17, 15) is 4.79 Å². The molecule has 0 aromatic heterocycles. The summed E-state index contributed by atoms with van der Waals surface area (Å²) < 4.78 is 4.93. The van der Waals surface area contributed by atoms with E-state index >= 15 is 0 Å². The Morgan fingerprint density at radius 1 is 1.50 bits per heavy atom. The molecule has 0 aliphatic carbocycles. The van der Waals surface area contributed by atoms with Crippen molar-refractivity contribution in [3.63, 3.8) is 0 Å². The highest BCUT2D eigenvalue weighted by atomic mass is 32.2. The van der Waals surface area contributed by atoms with Gasteiger partial charge in [0.15, 0.2) is 0 Å². The number of thioether (sulfide) groups is 1. The molecule has 0 aliphatic rings. The number of hydrogen-bond donors (Lipinski definition) is 2. The maximum Gasteiger partial charge on any atom is 0.323 e. The second kappa shape index (κ2) is 8.84. The van der Waals surface area contributed by atoms with E-state index in [1.54, 1.807) is 25.8 Å². The van der Waals surface area contributed by atoms with Crippen LogP contribution in [0.1, 0.15) is 26.7 Å². The fourth-order valence-electron chi connectivity index (χ4n) is 1.19. The minimum Gasteiger partial charge on any atom is -0.480 e. The number of methoxy groups -OCH3 is 1. The average molecular weight is 249 g/mol. The molecule has 0 fully saturated rings. The molecule has 16 heavy (non-hydrogen) atoms. The molecule has 0 aromatic rings. The van der Waals surface area contributed by atoms with Gasteiger partial charge in [-0.25, -0.2) is 0 Å². The molecule has 0 heterocycles. The van der Waals surface area contributed by atoms with Crippen LogP contribution >= 0.6 is 11.8 Å². The Labute approximate surface area is 102 Å². The summed E-state index contributed by atoms with van der Waals surface area (Å²) >= 11 is 1.73. The predicted octanol–water partition coefficient (Wildman–Crippen LogP) is 1.60. The number of carboxylic acids is 1. The van der Waals surface area contributed by atoms with Gasteiger partial charge in [-0.3, -0.25) is 4.79 Å². The third-order valence-electron chi connectivity index (χ3n) is 2.42.